The molecule has 0 radical (unpaired) electrons. The number of nitrogens with zero attached hydrogens (tertiary/aromatic N) is 2. The van der Waals surface area contributed by atoms with Crippen LogP contribution < -0.4 is 5.73 Å². The van der Waals surface area contributed by atoms with Crippen LogP contribution >= 0.6 is 23.1 Å². The lowest BCUT2D eigenvalue weighted by molar-refractivity contribution is 0.590. The number of aromatic nitrogens is 2. The van der Waals surface area contributed by atoms with Crippen molar-refractivity contribution in [3.63, 3.8) is 0 Å². The van der Waals surface area contributed by atoms with Gasteiger partial charge in [0.1, 0.15) is 16.7 Å². The Morgan fingerprint density at radius 1 is 1.20 bits per heavy atom. The van der Waals surface area contributed by atoms with Crippen LogP contribution in [0.5, 0.6) is 0 Å². The van der Waals surface area contributed by atoms with E-state index in [0.717, 1.165) is 26.9 Å². The molecular formula is C13H9F2N3S2. The molecule has 0 aliphatic carbocycles. The van der Waals surface area contributed by atoms with Crippen molar-refractivity contribution in [1.29, 1.82) is 0 Å². The van der Waals surface area contributed by atoms with Crippen LogP contribution in [0.4, 0.5) is 14.5 Å². The Balaban J connectivity index is 2.05. The third-order valence-corrected chi connectivity index (χ3v) is 4.41. The summed E-state index contributed by atoms with van der Waals surface area (Å²) in [6, 6.07) is 8.13. The second-order valence-electron chi connectivity index (χ2n) is 3.98. The van der Waals surface area contributed by atoms with Gasteiger partial charge < -0.3 is 5.73 Å². The first-order valence-corrected chi connectivity index (χ1v) is 7.49. The summed E-state index contributed by atoms with van der Waals surface area (Å²) >= 11 is 2.51. The minimum Gasteiger partial charge on any atom is -0.395 e. The Labute approximate surface area is 121 Å². The summed E-state index contributed by atoms with van der Waals surface area (Å²) in [4.78, 5) is 9.03. The Bertz CT molecular complexity index is 773. The highest BCUT2D eigenvalue weighted by atomic mass is 32.2. The minimum atomic E-state index is -0.699. The number of halogens is 2. The molecule has 3 aromatic rings. The second-order valence-corrected chi connectivity index (χ2v) is 5.99. The number of thiazole rings is 1. The largest absolute Gasteiger partial charge is 0.395 e. The molecule has 0 atom stereocenters. The van der Waals surface area contributed by atoms with Crippen molar-refractivity contribution >= 4 is 39.0 Å². The van der Waals surface area contributed by atoms with Crippen LogP contribution in [0.1, 0.15) is 0 Å². The van der Waals surface area contributed by atoms with E-state index in [0.29, 0.717) is 10.7 Å². The lowest BCUT2D eigenvalue weighted by Crippen LogP contribution is -1.94. The Kier molecular flexibility index (Phi) is 3.54. The molecule has 0 saturated carbocycles. The van der Waals surface area contributed by atoms with Crippen molar-refractivity contribution in [2.75, 3.05) is 11.7 Å². The van der Waals surface area contributed by atoms with Crippen LogP contribution in [0, 0.1) is 5.95 Å². The van der Waals surface area contributed by atoms with E-state index in [-0.39, 0.29) is 5.69 Å². The van der Waals surface area contributed by atoms with Crippen LogP contribution in [-0.2, 0) is 0 Å². The fraction of sp³-hybridized carbons (Fsp3) is 0.0769. The molecule has 1 aromatic carbocycles. The van der Waals surface area contributed by atoms with E-state index in [1.165, 1.54) is 17.4 Å². The summed E-state index contributed by atoms with van der Waals surface area (Å²) in [5, 5.41) is 0.612. The number of pyridine rings is 1. The molecule has 0 fully saturated rings. The third-order valence-electron chi connectivity index (χ3n) is 2.68. The van der Waals surface area contributed by atoms with Crippen molar-refractivity contribution in [2.24, 2.45) is 0 Å². The summed E-state index contributed by atoms with van der Waals surface area (Å²) in [6.45, 7) is 0. The van der Waals surface area contributed by atoms with Gasteiger partial charge in [-0.05, 0) is 30.3 Å². The number of benzene rings is 1. The molecule has 2 heterocycles. The van der Waals surface area contributed by atoms with Crippen molar-refractivity contribution < 1.29 is 8.78 Å². The summed E-state index contributed by atoms with van der Waals surface area (Å²) in [6.07, 6.45) is 0. The standard InChI is InChI=1S/C13H9F2N3S2/c14-6-19-7-1-3-9-11(5-7)20-13(18-9)10-4-2-8(16)12(15)17-10/h1-5H,6,16H2. The van der Waals surface area contributed by atoms with Gasteiger partial charge in [-0.1, -0.05) is 11.8 Å². The summed E-state index contributed by atoms with van der Waals surface area (Å²) in [5.74, 6) is -0.699. The van der Waals surface area contributed by atoms with Gasteiger partial charge in [0.25, 0.3) is 0 Å². The number of thioether (sulfide) groups is 1. The SMILES string of the molecule is Nc1ccc(-c2nc3ccc(SCF)cc3s2)nc1F. The third kappa shape index (κ3) is 2.46. The van der Waals surface area contributed by atoms with E-state index in [1.54, 1.807) is 6.07 Å². The zero-order valence-corrected chi connectivity index (χ0v) is 11.8. The maximum atomic E-state index is 13.4. The number of fused-ring (bicyclic) bond motifs is 1. The zero-order valence-electron chi connectivity index (χ0n) is 10.1. The Hall–Kier alpha value is -1.73. The summed E-state index contributed by atoms with van der Waals surface area (Å²) in [7, 11) is 0. The Morgan fingerprint density at radius 2 is 2.05 bits per heavy atom. The first-order chi connectivity index (χ1) is 9.67. The summed E-state index contributed by atoms with van der Waals surface area (Å²) < 4.78 is 26.6. The van der Waals surface area contributed by atoms with Crippen molar-refractivity contribution in [1.82, 2.24) is 9.97 Å². The highest BCUT2D eigenvalue weighted by molar-refractivity contribution is 7.99. The van der Waals surface area contributed by atoms with Crippen molar-refractivity contribution in [2.45, 2.75) is 4.90 Å². The van der Waals surface area contributed by atoms with Crippen molar-refractivity contribution in [3.05, 3.63) is 36.3 Å². The monoisotopic (exact) mass is 309 g/mol. The van der Waals surface area contributed by atoms with Gasteiger partial charge in [0.2, 0.25) is 5.95 Å². The molecule has 2 N–H and O–H groups in total. The number of anilines is 1. The van der Waals surface area contributed by atoms with Gasteiger partial charge in [0.15, 0.2) is 0 Å². The van der Waals surface area contributed by atoms with Gasteiger partial charge in [0.05, 0.1) is 15.9 Å². The number of nitrogen functional groups attached to an aromatic ring is 1. The number of nitrogens with two attached hydrogens (primary N) is 1. The predicted octanol–water partition coefficient (Wildman–Crippen LogP) is 4.10. The minimum absolute atomic E-state index is 0.0106. The van der Waals surface area contributed by atoms with E-state index in [4.69, 9.17) is 5.73 Å². The van der Waals surface area contributed by atoms with E-state index < -0.39 is 12.0 Å². The fourth-order valence-electron chi connectivity index (χ4n) is 1.73. The zero-order chi connectivity index (χ0) is 14.1. The molecule has 0 unspecified atom stereocenters. The van der Waals surface area contributed by atoms with Gasteiger partial charge in [-0.15, -0.1) is 11.3 Å². The molecule has 0 saturated heterocycles. The molecule has 0 amide bonds. The maximum absolute atomic E-state index is 13.4. The molecule has 3 nitrogen and oxygen atoms in total. The highest BCUT2D eigenvalue weighted by Crippen LogP contribution is 2.32. The molecule has 7 heteroatoms. The van der Waals surface area contributed by atoms with Crippen molar-refractivity contribution in [3.8, 4) is 10.7 Å². The number of rotatable bonds is 3. The van der Waals surface area contributed by atoms with E-state index in [2.05, 4.69) is 9.97 Å². The average molecular weight is 309 g/mol. The second kappa shape index (κ2) is 5.34. The van der Waals surface area contributed by atoms with Crippen LogP contribution in [0.25, 0.3) is 20.9 Å². The first-order valence-electron chi connectivity index (χ1n) is 5.69. The normalized spacial score (nSPS) is 11.1. The smallest absolute Gasteiger partial charge is 0.236 e. The van der Waals surface area contributed by atoms with Gasteiger partial charge in [-0.3, -0.25) is 0 Å². The Morgan fingerprint density at radius 3 is 2.80 bits per heavy atom. The molecule has 102 valence electrons. The van der Waals surface area contributed by atoms with Gasteiger partial charge in [0, 0.05) is 4.90 Å². The van der Waals surface area contributed by atoms with Gasteiger partial charge in [-0.2, -0.15) is 4.39 Å². The number of alkyl halides is 1. The average Bonchev–Trinajstić information content (AvgIpc) is 2.85. The molecule has 0 bridgehead atoms. The van der Waals surface area contributed by atoms with Gasteiger partial charge in [-0.25, -0.2) is 14.4 Å². The first kappa shape index (κ1) is 13.3. The fourth-order valence-corrected chi connectivity index (χ4v) is 3.27. The predicted molar refractivity (Wildman–Crippen MR) is 79.1 cm³/mol. The molecule has 2 aromatic heterocycles. The number of hydrogen-bond acceptors (Lipinski definition) is 5. The molecule has 20 heavy (non-hydrogen) atoms. The number of hydrogen-bond donors (Lipinski definition) is 1. The van der Waals surface area contributed by atoms with E-state index >= 15 is 0 Å². The molecular weight excluding hydrogens is 300 g/mol. The lowest BCUT2D eigenvalue weighted by Gasteiger charge is -1.97. The maximum Gasteiger partial charge on any atom is 0.236 e. The molecule has 0 aliphatic rings. The highest BCUT2D eigenvalue weighted by Gasteiger charge is 2.10. The molecule has 0 spiro atoms. The topological polar surface area (TPSA) is 51.8 Å². The van der Waals surface area contributed by atoms with E-state index in [1.807, 2.05) is 18.2 Å². The molecule has 0 aliphatic heterocycles. The van der Waals surface area contributed by atoms with Crippen LogP contribution in [0.2, 0.25) is 0 Å². The van der Waals surface area contributed by atoms with Crippen LogP contribution in [0.15, 0.2) is 35.2 Å². The van der Waals surface area contributed by atoms with Crippen LogP contribution in [-0.4, -0.2) is 16.0 Å². The van der Waals surface area contributed by atoms with Gasteiger partial charge >= 0.3 is 0 Å². The quantitative estimate of drug-likeness (QED) is 0.584. The summed E-state index contributed by atoms with van der Waals surface area (Å²) in [5.41, 5.74) is 6.64. The molecule has 3 rings (SSSR count). The van der Waals surface area contributed by atoms with E-state index in [9.17, 15) is 8.78 Å². The lowest BCUT2D eigenvalue weighted by atomic mass is 10.3. The van der Waals surface area contributed by atoms with Crippen LogP contribution in [0.3, 0.4) is 0 Å².